The van der Waals surface area contributed by atoms with E-state index in [-0.39, 0.29) is 29.8 Å². The average molecular weight is 603 g/mol. The molecule has 4 aromatic carbocycles. The normalized spacial score (nSPS) is 20.4. The standard InChI is InChI=1S/C34H38N2O6S/c1-24(33(38)27-10-5-3-6-11-27)36(2)22-30-21-32(26-18-16-25(23-37)17-19-26)42-34(41-30)28-12-9-13-29(20-28)35-43(39,40)31-14-7-4-8-15-31/h3-20,24,30,32-35,37-38H,21-23H2,1-2H3/t24-,30+,32-,33-,34-/m0/s1. The molecule has 1 aliphatic heterocycles. The number of nitrogens with zero attached hydrogens (tertiary/aromatic N) is 1. The summed E-state index contributed by atoms with van der Waals surface area (Å²) in [4.78, 5) is 2.26. The molecule has 0 amide bonds. The molecule has 9 heteroatoms. The second-order valence-corrected chi connectivity index (χ2v) is 12.6. The summed E-state index contributed by atoms with van der Waals surface area (Å²) < 4.78 is 41.5. The van der Waals surface area contributed by atoms with Crippen molar-refractivity contribution in [3.8, 4) is 0 Å². The van der Waals surface area contributed by atoms with Gasteiger partial charge < -0.3 is 19.7 Å². The van der Waals surface area contributed by atoms with Crippen molar-refractivity contribution in [3.05, 3.63) is 131 Å². The predicted octanol–water partition coefficient (Wildman–Crippen LogP) is 5.58. The monoisotopic (exact) mass is 602 g/mol. The third kappa shape index (κ3) is 7.69. The Kier molecular flexibility index (Phi) is 9.92. The van der Waals surface area contributed by atoms with E-state index >= 15 is 0 Å². The molecule has 8 nitrogen and oxygen atoms in total. The van der Waals surface area contributed by atoms with Crippen molar-refractivity contribution in [2.75, 3.05) is 18.3 Å². The molecule has 0 saturated carbocycles. The third-order valence-corrected chi connectivity index (χ3v) is 9.26. The van der Waals surface area contributed by atoms with Crippen molar-refractivity contribution in [1.82, 2.24) is 4.90 Å². The molecule has 0 bridgehead atoms. The molecule has 5 atom stereocenters. The first-order chi connectivity index (χ1) is 20.7. The number of aliphatic hydroxyl groups is 2. The highest BCUT2D eigenvalue weighted by atomic mass is 32.2. The fourth-order valence-corrected chi connectivity index (χ4v) is 6.32. The number of ether oxygens (including phenoxy) is 2. The predicted molar refractivity (Wildman–Crippen MR) is 166 cm³/mol. The summed E-state index contributed by atoms with van der Waals surface area (Å²) in [6, 6.07) is 32.3. The maximum atomic E-state index is 13.0. The molecule has 0 radical (unpaired) electrons. The van der Waals surface area contributed by atoms with Gasteiger partial charge in [0.2, 0.25) is 0 Å². The Morgan fingerprint density at radius 3 is 2.23 bits per heavy atom. The molecule has 1 saturated heterocycles. The number of anilines is 1. The first-order valence-electron chi connectivity index (χ1n) is 14.3. The Hall–Kier alpha value is -3.57. The van der Waals surface area contributed by atoms with Gasteiger partial charge in [0.15, 0.2) is 6.29 Å². The molecular weight excluding hydrogens is 564 g/mol. The Morgan fingerprint density at radius 1 is 0.884 bits per heavy atom. The van der Waals surface area contributed by atoms with Crippen LogP contribution in [0.5, 0.6) is 0 Å². The van der Waals surface area contributed by atoms with E-state index in [1.165, 1.54) is 0 Å². The van der Waals surface area contributed by atoms with Crippen LogP contribution >= 0.6 is 0 Å². The average Bonchev–Trinajstić information content (AvgIpc) is 3.04. The lowest BCUT2D eigenvalue weighted by atomic mass is 9.98. The van der Waals surface area contributed by atoms with Gasteiger partial charge in [0.1, 0.15) is 0 Å². The SMILES string of the molecule is C[C@@H]([C@H](O)c1ccccc1)N(C)C[C@H]1C[C@@H](c2ccc(CO)cc2)O[C@@H](c2cccc(NS(=O)(=O)c3ccccc3)c2)O1. The number of nitrogens with one attached hydrogen (secondary N) is 1. The summed E-state index contributed by atoms with van der Waals surface area (Å²) in [5.41, 5.74) is 3.69. The van der Waals surface area contributed by atoms with Crippen molar-refractivity contribution < 1.29 is 28.1 Å². The van der Waals surface area contributed by atoms with Crippen molar-refractivity contribution in [2.45, 2.75) is 55.5 Å². The lowest BCUT2D eigenvalue weighted by molar-refractivity contribution is -0.253. The van der Waals surface area contributed by atoms with E-state index in [9.17, 15) is 18.6 Å². The summed E-state index contributed by atoms with van der Waals surface area (Å²) >= 11 is 0. The minimum atomic E-state index is -3.77. The molecule has 0 unspecified atom stereocenters. The van der Waals surface area contributed by atoms with Gasteiger partial charge in [-0.05, 0) is 54.9 Å². The van der Waals surface area contributed by atoms with E-state index in [0.29, 0.717) is 24.2 Å². The van der Waals surface area contributed by atoms with Crippen LogP contribution in [0, 0.1) is 0 Å². The molecule has 1 aliphatic rings. The highest BCUT2D eigenvalue weighted by Gasteiger charge is 2.34. The third-order valence-electron chi connectivity index (χ3n) is 7.86. The van der Waals surface area contributed by atoms with Gasteiger partial charge in [-0.2, -0.15) is 0 Å². The van der Waals surface area contributed by atoms with Crippen LogP contribution in [0.25, 0.3) is 0 Å². The Bertz CT molecular complexity index is 1570. The van der Waals surface area contributed by atoms with E-state index in [1.54, 1.807) is 48.5 Å². The van der Waals surface area contributed by atoms with Crippen LogP contribution in [0.1, 0.15) is 54.1 Å². The van der Waals surface area contributed by atoms with Gasteiger partial charge in [-0.3, -0.25) is 9.62 Å². The largest absolute Gasteiger partial charge is 0.392 e. The van der Waals surface area contributed by atoms with Crippen LogP contribution in [0.15, 0.2) is 114 Å². The van der Waals surface area contributed by atoms with Crippen LogP contribution in [0.3, 0.4) is 0 Å². The summed E-state index contributed by atoms with van der Waals surface area (Å²) in [5.74, 6) is 0. The van der Waals surface area contributed by atoms with Crippen molar-refractivity contribution in [3.63, 3.8) is 0 Å². The number of likely N-dealkylation sites (N-methyl/N-ethyl adjacent to an activating group) is 1. The van der Waals surface area contributed by atoms with Crippen LogP contribution in [-0.2, 0) is 26.1 Å². The highest BCUT2D eigenvalue weighted by molar-refractivity contribution is 7.92. The molecule has 1 fully saturated rings. The topological polar surface area (TPSA) is 108 Å². The smallest absolute Gasteiger partial charge is 0.261 e. The van der Waals surface area contributed by atoms with Crippen molar-refractivity contribution in [2.24, 2.45) is 0 Å². The summed E-state index contributed by atoms with van der Waals surface area (Å²) in [6.07, 6.45) is -1.40. The molecular formula is C34H38N2O6S. The zero-order valence-electron chi connectivity index (χ0n) is 24.3. The summed E-state index contributed by atoms with van der Waals surface area (Å²) in [6.45, 7) is 2.48. The molecule has 3 N–H and O–H groups in total. The fourth-order valence-electron chi connectivity index (χ4n) is 5.25. The maximum Gasteiger partial charge on any atom is 0.261 e. The highest BCUT2D eigenvalue weighted by Crippen LogP contribution is 2.39. The van der Waals surface area contributed by atoms with E-state index in [0.717, 1.165) is 16.7 Å². The molecule has 4 aromatic rings. The lowest BCUT2D eigenvalue weighted by Gasteiger charge is -2.39. The minimum absolute atomic E-state index is 0.0434. The molecule has 226 valence electrons. The maximum absolute atomic E-state index is 13.0. The fraction of sp³-hybridized carbons (Fsp3) is 0.294. The van der Waals surface area contributed by atoms with Gasteiger partial charge >= 0.3 is 0 Å². The quantitative estimate of drug-likeness (QED) is 0.206. The molecule has 0 spiro atoms. The molecule has 5 rings (SSSR count). The van der Waals surface area contributed by atoms with Crippen LogP contribution < -0.4 is 4.72 Å². The van der Waals surface area contributed by atoms with Gasteiger partial charge in [0.25, 0.3) is 10.0 Å². The summed E-state index contributed by atoms with van der Waals surface area (Å²) in [7, 11) is -1.80. The van der Waals surface area contributed by atoms with Crippen molar-refractivity contribution >= 4 is 15.7 Å². The first-order valence-corrected chi connectivity index (χ1v) is 15.8. The zero-order chi connectivity index (χ0) is 30.4. The Labute approximate surface area is 253 Å². The van der Waals surface area contributed by atoms with E-state index in [4.69, 9.17) is 9.47 Å². The van der Waals surface area contributed by atoms with Crippen LogP contribution in [0.4, 0.5) is 5.69 Å². The van der Waals surface area contributed by atoms with Crippen LogP contribution in [0.2, 0.25) is 0 Å². The number of rotatable bonds is 11. The Balaban J connectivity index is 1.37. The minimum Gasteiger partial charge on any atom is -0.392 e. The second-order valence-electron chi connectivity index (χ2n) is 10.9. The number of benzene rings is 4. The van der Waals surface area contributed by atoms with E-state index in [2.05, 4.69) is 9.62 Å². The number of sulfonamides is 1. The molecule has 1 heterocycles. The van der Waals surface area contributed by atoms with E-state index in [1.807, 2.05) is 74.6 Å². The van der Waals surface area contributed by atoms with E-state index < -0.39 is 22.4 Å². The Morgan fingerprint density at radius 2 is 1.56 bits per heavy atom. The first kappa shape index (κ1) is 30.9. The number of hydrogen-bond donors (Lipinski definition) is 3. The zero-order valence-corrected chi connectivity index (χ0v) is 25.1. The number of hydrogen-bond acceptors (Lipinski definition) is 7. The van der Waals surface area contributed by atoms with Gasteiger partial charge in [-0.15, -0.1) is 0 Å². The number of aliphatic hydroxyl groups excluding tert-OH is 2. The lowest BCUT2D eigenvalue weighted by Crippen LogP contribution is -2.43. The van der Waals surface area contributed by atoms with Gasteiger partial charge in [0, 0.05) is 30.3 Å². The van der Waals surface area contributed by atoms with Crippen molar-refractivity contribution in [1.29, 1.82) is 0 Å². The molecule has 0 aromatic heterocycles. The van der Waals surface area contributed by atoms with Gasteiger partial charge in [-0.1, -0.05) is 84.9 Å². The van der Waals surface area contributed by atoms with Crippen LogP contribution in [-0.4, -0.2) is 49.3 Å². The van der Waals surface area contributed by atoms with Gasteiger partial charge in [-0.25, -0.2) is 8.42 Å². The molecule has 0 aliphatic carbocycles. The van der Waals surface area contributed by atoms with Gasteiger partial charge in [0.05, 0.1) is 29.8 Å². The second kappa shape index (κ2) is 13.8. The molecule has 43 heavy (non-hydrogen) atoms. The summed E-state index contributed by atoms with van der Waals surface area (Å²) in [5, 5.41) is 20.5.